The molecule has 0 aliphatic carbocycles. The maximum atomic E-state index is 13.8. The van der Waals surface area contributed by atoms with Crippen LogP contribution in [0.25, 0.3) is 0 Å². The van der Waals surface area contributed by atoms with Gasteiger partial charge in [0.2, 0.25) is 5.91 Å². The first-order valence-electron chi connectivity index (χ1n) is 9.02. The number of hydrogen-bond donors (Lipinski definition) is 2. The van der Waals surface area contributed by atoms with Gasteiger partial charge in [-0.05, 0) is 19.4 Å². The van der Waals surface area contributed by atoms with Gasteiger partial charge in [0.15, 0.2) is 0 Å². The predicted molar refractivity (Wildman–Crippen MR) is 99.9 cm³/mol. The largest absolute Gasteiger partial charge is 0.418 e. The molecule has 1 aliphatic rings. The summed E-state index contributed by atoms with van der Waals surface area (Å²) >= 11 is 0. The first kappa shape index (κ1) is 19.9. The van der Waals surface area contributed by atoms with Gasteiger partial charge < -0.3 is 10.6 Å². The summed E-state index contributed by atoms with van der Waals surface area (Å²) < 4.78 is 41.3. The lowest BCUT2D eigenvalue weighted by atomic mass is 9.99. The van der Waals surface area contributed by atoms with Crippen molar-refractivity contribution in [3.05, 3.63) is 64.5 Å². The Morgan fingerprint density at radius 3 is 2.61 bits per heavy atom. The summed E-state index contributed by atoms with van der Waals surface area (Å²) in [7, 11) is 0. The molecule has 8 heteroatoms. The lowest BCUT2D eigenvalue weighted by Crippen LogP contribution is -2.30. The lowest BCUT2D eigenvalue weighted by molar-refractivity contribution is -0.139. The Labute approximate surface area is 161 Å². The van der Waals surface area contributed by atoms with Crippen molar-refractivity contribution in [1.29, 1.82) is 0 Å². The van der Waals surface area contributed by atoms with Crippen molar-refractivity contribution >= 4 is 11.7 Å². The van der Waals surface area contributed by atoms with Crippen LogP contribution in [0.5, 0.6) is 0 Å². The fourth-order valence-corrected chi connectivity index (χ4v) is 3.26. The summed E-state index contributed by atoms with van der Waals surface area (Å²) in [6, 6.07) is 8.90. The first-order chi connectivity index (χ1) is 13.3. The van der Waals surface area contributed by atoms with Crippen molar-refractivity contribution in [3.8, 4) is 0 Å². The van der Waals surface area contributed by atoms with Crippen LogP contribution in [0, 0.1) is 0 Å². The molecule has 28 heavy (non-hydrogen) atoms. The fraction of sp³-hybridized carbons (Fsp3) is 0.350. The molecule has 0 spiro atoms. The second kappa shape index (κ2) is 8.00. The van der Waals surface area contributed by atoms with E-state index in [1.165, 1.54) is 6.20 Å². The average Bonchev–Trinajstić information content (AvgIpc) is 3.04. The van der Waals surface area contributed by atoms with Crippen molar-refractivity contribution < 1.29 is 18.0 Å². The number of pyridine rings is 1. The molecule has 1 amide bonds. The molecular weight excluding hydrogens is 369 g/mol. The molecule has 2 aromatic rings. The van der Waals surface area contributed by atoms with Crippen molar-refractivity contribution in [2.24, 2.45) is 4.99 Å². The number of rotatable bonds is 5. The Morgan fingerprint density at radius 1 is 1.25 bits per heavy atom. The van der Waals surface area contributed by atoms with E-state index >= 15 is 0 Å². The number of nitrogens with zero attached hydrogens (tertiary/aromatic N) is 2. The fourth-order valence-electron chi connectivity index (χ4n) is 3.26. The van der Waals surface area contributed by atoms with Gasteiger partial charge in [0.25, 0.3) is 0 Å². The maximum absolute atomic E-state index is 13.8. The summed E-state index contributed by atoms with van der Waals surface area (Å²) in [6.45, 7) is 4.08. The summed E-state index contributed by atoms with van der Waals surface area (Å²) in [5, 5.41) is 5.68. The maximum Gasteiger partial charge on any atom is 0.418 e. The first-order valence-corrected chi connectivity index (χ1v) is 9.02. The molecule has 0 radical (unpaired) electrons. The average molecular weight is 390 g/mol. The topological polar surface area (TPSA) is 66.4 Å². The molecule has 2 heterocycles. The van der Waals surface area contributed by atoms with Crippen molar-refractivity contribution in [2.75, 3.05) is 6.54 Å². The van der Waals surface area contributed by atoms with E-state index < -0.39 is 24.1 Å². The van der Waals surface area contributed by atoms with Gasteiger partial charge >= 0.3 is 6.18 Å². The van der Waals surface area contributed by atoms with E-state index in [0.717, 1.165) is 5.56 Å². The minimum absolute atomic E-state index is 0.0670. The van der Waals surface area contributed by atoms with E-state index in [4.69, 9.17) is 0 Å². The number of aromatic nitrogens is 1. The standard InChI is InChI=1S/C20H21F3N4O/c1-3-24-19-15-11-25-16(18(20(21,22)23)14(15)10-26-19)9-17(28)27-12(2)13-7-5-4-6-8-13/h4-8,11-12H,3,9-10H2,1-2H3,(H,24,26)(H,27,28)/t12-/m1/s1. The van der Waals surface area contributed by atoms with Crippen molar-refractivity contribution in [3.63, 3.8) is 0 Å². The molecule has 148 valence electrons. The molecule has 0 saturated heterocycles. The number of halogens is 3. The van der Waals surface area contributed by atoms with Gasteiger partial charge in [-0.15, -0.1) is 0 Å². The van der Waals surface area contributed by atoms with Gasteiger partial charge in [-0.25, -0.2) is 0 Å². The third-order valence-electron chi connectivity index (χ3n) is 4.55. The summed E-state index contributed by atoms with van der Waals surface area (Å²) in [5.41, 5.74) is 0.145. The predicted octanol–water partition coefficient (Wildman–Crippen LogP) is 3.39. The molecule has 1 aliphatic heterocycles. The molecule has 5 nitrogen and oxygen atoms in total. The third kappa shape index (κ3) is 4.16. The van der Waals surface area contributed by atoms with Gasteiger partial charge in [-0.2, -0.15) is 13.2 Å². The molecule has 3 rings (SSSR count). The summed E-state index contributed by atoms with van der Waals surface area (Å²) in [5.74, 6) is -0.107. The quantitative estimate of drug-likeness (QED) is 0.823. The van der Waals surface area contributed by atoms with Crippen LogP contribution in [0.4, 0.5) is 13.2 Å². The molecule has 0 saturated carbocycles. The molecular formula is C20H21F3N4O. The normalized spacial score (nSPS) is 14.2. The van der Waals surface area contributed by atoms with Crippen LogP contribution in [0.2, 0.25) is 0 Å². The minimum Gasteiger partial charge on any atom is -0.370 e. The third-order valence-corrected chi connectivity index (χ3v) is 4.55. The number of amidine groups is 1. The number of benzene rings is 1. The molecule has 1 aromatic carbocycles. The highest BCUT2D eigenvalue weighted by atomic mass is 19.4. The zero-order chi connectivity index (χ0) is 20.3. The van der Waals surface area contributed by atoms with Crippen molar-refractivity contribution in [1.82, 2.24) is 15.6 Å². The second-order valence-electron chi connectivity index (χ2n) is 6.54. The van der Waals surface area contributed by atoms with Crippen LogP contribution in [0.15, 0.2) is 41.5 Å². The molecule has 0 unspecified atom stereocenters. The Bertz CT molecular complexity index is 894. The Morgan fingerprint density at radius 2 is 1.96 bits per heavy atom. The zero-order valence-corrected chi connectivity index (χ0v) is 15.6. The van der Waals surface area contributed by atoms with Crippen LogP contribution in [0.1, 0.15) is 47.8 Å². The zero-order valence-electron chi connectivity index (χ0n) is 15.6. The minimum atomic E-state index is -4.61. The lowest BCUT2D eigenvalue weighted by Gasteiger charge is -2.18. The number of carbonyl (C=O) groups is 1. The van der Waals surface area contributed by atoms with Gasteiger partial charge in [0.1, 0.15) is 5.84 Å². The van der Waals surface area contributed by atoms with Gasteiger partial charge in [-0.3, -0.25) is 14.8 Å². The van der Waals surface area contributed by atoms with E-state index in [0.29, 0.717) is 17.9 Å². The summed E-state index contributed by atoms with van der Waals surface area (Å²) in [6.07, 6.45) is -3.70. The Balaban J connectivity index is 1.83. The van der Waals surface area contributed by atoms with Gasteiger partial charge in [0.05, 0.1) is 30.3 Å². The number of fused-ring (bicyclic) bond motifs is 1. The highest BCUT2D eigenvalue weighted by molar-refractivity contribution is 6.02. The number of amides is 1. The summed E-state index contributed by atoms with van der Waals surface area (Å²) in [4.78, 5) is 20.5. The van der Waals surface area contributed by atoms with Crippen LogP contribution in [-0.2, 0) is 23.9 Å². The van der Waals surface area contributed by atoms with E-state index in [1.807, 2.05) is 37.3 Å². The van der Waals surface area contributed by atoms with Gasteiger partial charge in [-0.1, -0.05) is 30.3 Å². The Kier molecular flexibility index (Phi) is 5.67. The number of nitrogens with one attached hydrogen (secondary N) is 2. The van der Waals surface area contributed by atoms with E-state index in [2.05, 4.69) is 20.6 Å². The van der Waals surface area contributed by atoms with E-state index in [1.54, 1.807) is 6.92 Å². The van der Waals surface area contributed by atoms with Crippen LogP contribution in [0.3, 0.4) is 0 Å². The van der Waals surface area contributed by atoms with Crippen LogP contribution < -0.4 is 10.6 Å². The molecule has 1 atom stereocenters. The highest BCUT2D eigenvalue weighted by Crippen LogP contribution is 2.37. The highest BCUT2D eigenvalue weighted by Gasteiger charge is 2.40. The van der Waals surface area contributed by atoms with E-state index in [9.17, 15) is 18.0 Å². The van der Waals surface area contributed by atoms with Crippen LogP contribution in [-0.4, -0.2) is 23.3 Å². The van der Waals surface area contributed by atoms with Crippen LogP contribution >= 0.6 is 0 Å². The second-order valence-corrected chi connectivity index (χ2v) is 6.54. The number of carbonyl (C=O) groups excluding carboxylic acids is 1. The van der Waals surface area contributed by atoms with Crippen molar-refractivity contribution in [2.45, 2.75) is 39.0 Å². The number of aliphatic imine (C=N–C) groups is 1. The molecule has 0 fully saturated rings. The monoisotopic (exact) mass is 390 g/mol. The Hall–Kier alpha value is -2.90. The smallest absolute Gasteiger partial charge is 0.370 e. The molecule has 0 bridgehead atoms. The SMILES string of the molecule is CCNC1=NCc2c1cnc(CC(=O)N[C@H](C)c1ccccc1)c2C(F)(F)F. The van der Waals surface area contributed by atoms with Gasteiger partial charge in [0, 0.05) is 23.9 Å². The number of hydrogen-bond acceptors (Lipinski definition) is 4. The van der Waals surface area contributed by atoms with E-state index in [-0.39, 0.29) is 23.8 Å². The number of alkyl halides is 3. The molecule has 1 aromatic heterocycles. The molecule has 2 N–H and O–H groups in total.